The number of ether oxygens (including phenoxy) is 1. The second-order valence-corrected chi connectivity index (χ2v) is 6.94. The number of aryl methyl sites for hydroxylation is 1. The standard InChI is InChI=1S/C23H20N4O3/c1-14-10-11-24-20(12-14)27-22(28)15(2)30-23(29)17-8-9-18-19(13-17)26-21(25-18)16-6-4-3-5-7-16/h3-13,15H,1-2H3,(H,25,26)(H,24,27,28). The maximum Gasteiger partial charge on any atom is 0.338 e. The molecule has 0 saturated heterocycles. The van der Waals surface area contributed by atoms with Crippen LogP contribution in [0.2, 0.25) is 0 Å². The number of esters is 1. The van der Waals surface area contributed by atoms with Crippen molar-refractivity contribution in [3.05, 3.63) is 78.0 Å². The molecular formula is C23H20N4O3. The molecule has 2 aromatic heterocycles. The lowest BCUT2D eigenvalue weighted by Gasteiger charge is -2.13. The lowest BCUT2D eigenvalue weighted by molar-refractivity contribution is -0.123. The van der Waals surface area contributed by atoms with E-state index in [1.54, 1.807) is 30.5 Å². The Balaban J connectivity index is 1.46. The number of fused-ring (bicyclic) bond motifs is 1. The molecule has 2 N–H and O–H groups in total. The van der Waals surface area contributed by atoms with Crippen molar-refractivity contribution in [1.82, 2.24) is 15.0 Å². The molecule has 0 bridgehead atoms. The van der Waals surface area contributed by atoms with Gasteiger partial charge in [0.15, 0.2) is 6.10 Å². The van der Waals surface area contributed by atoms with Crippen LogP contribution in [-0.4, -0.2) is 32.9 Å². The highest BCUT2D eigenvalue weighted by molar-refractivity contribution is 5.98. The summed E-state index contributed by atoms with van der Waals surface area (Å²) >= 11 is 0. The monoisotopic (exact) mass is 400 g/mol. The number of imidazole rings is 1. The predicted molar refractivity (Wildman–Crippen MR) is 114 cm³/mol. The Hall–Kier alpha value is -4.00. The van der Waals surface area contributed by atoms with Crippen molar-refractivity contribution in [3.8, 4) is 11.4 Å². The molecule has 2 aromatic carbocycles. The van der Waals surface area contributed by atoms with Gasteiger partial charge in [-0.2, -0.15) is 0 Å². The van der Waals surface area contributed by atoms with E-state index < -0.39 is 18.0 Å². The lowest BCUT2D eigenvalue weighted by Crippen LogP contribution is -2.30. The van der Waals surface area contributed by atoms with Crippen molar-refractivity contribution < 1.29 is 14.3 Å². The molecule has 4 aromatic rings. The molecule has 0 aliphatic heterocycles. The number of rotatable bonds is 5. The van der Waals surface area contributed by atoms with Crippen molar-refractivity contribution in [2.75, 3.05) is 5.32 Å². The summed E-state index contributed by atoms with van der Waals surface area (Å²) in [4.78, 5) is 36.7. The van der Waals surface area contributed by atoms with Gasteiger partial charge in [0, 0.05) is 11.8 Å². The van der Waals surface area contributed by atoms with Crippen LogP contribution in [0.3, 0.4) is 0 Å². The maximum atomic E-state index is 12.5. The molecule has 2 heterocycles. The van der Waals surface area contributed by atoms with Gasteiger partial charge in [-0.15, -0.1) is 0 Å². The molecule has 7 nitrogen and oxygen atoms in total. The number of carbonyl (C=O) groups excluding carboxylic acids is 2. The zero-order valence-electron chi connectivity index (χ0n) is 16.5. The number of hydrogen-bond acceptors (Lipinski definition) is 5. The Labute approximate surface area is 173 Å². The molecule has 1 atom stereocenters. The van der Waals surface area contributed by atoms with Crippen molar-refractivity contribution in [1.29, 1.82) is 0 Å². The van der Waals surface area contributed by atoms with Crippen LogP contribution in [0.25, 0.3) is 22.4 Å². The highest BCUT2D eigenvalue weighted by atomic mass is 16.5. The van der Waals surface area contributed by atoms with Gasteiger partial charge in [0.25, 0.3) is 5.91 Å². The third kappa shape index (κ3) is 4.20. The van der Waals surface area contributed by atoms with Crippen molar-refractivity contribution in [2.24, 2.45) is 0 Å². The molecule has 0 aliphatic rings. The number of nitrogens with one attached hydrogen (secondary N) is 2. The van der Waals surface area contributed by atoms with E-state index in [0.717, 1.165) is 22.5 Å². The summed E-state index contributed by atoms with van der Waals surface area (Å²) in [6, 6.07) is 18.3. The number of nitrogens with zero attached hydrogens (tertiary/aromatic N) is 2. The van der Waals surface area contributed by atoms with Gasteiger partial charge in [0.1, 0.15) is 11.6 Å². The van der Waals surface area contributed by atoms with Gasteiger partial charge < -0.3 is 15.0 Å². The minimum absolute atomic E-state index is 0.332. The maximum absolute atomic E-state index is 12.5. The first kappa shape index (κ1) is 19.3. The molecule has 30 heavy (non-hydrogen) atoms. The van der Waals surface area contributed by atoms with Gasteiger partial charge in [-0.1, -0.05) is 30.3 Å². The number of pyridine rings is 1. The van der Waals surface area contributed by atoms with Gasteiger partial charge in [0.05, 0.1) is 16.6 Å². The minimum atomic E-state index is -0.975. The average molecular weight is 400 g/mol. The van der Waals surface area contributed by atoms with Gasteiger partial charge in [-0.05, 0) is 49.7 Å². The van der Waals surface area contributed by atoms with Crippen LogP contribution in [0, 0.1) is 6.92 Å². The molecule has 0 saturated carbocycles. The number of anilines is 1. The summed E-state index contributed by atoms with van der Waals surface area (Å²) in [5, 5.41) is 2.65. The number of hydrogen-bond donors (Lipinski definition) is 2. The lowest BCUT2D eigenvalue weighted by atomic mass is 10.2. The Morgan fingerprint density at radius 2 is 1.87 bits per heavy atom. The average Bonchev–Trinajstić information content (AvgIpc) is 3.17. The first-order chi connectivity index (χ1) is 14.5. The highest BCUT2D eigenvalue weighted by Crippen LogP contribution is 2.21. The van der Waals surface area contributed by atoms with E-state index in [1.807, 2.05) is 43.3 Å². The Bertz CT molecular complexity index is 1220. The Morgan fingerprint density at radius 3 is 2.63 bits per heavy atom. The fraction of sp³-hybridized carbons (Fsp3) is 0.130. The summed E-state index contributed by atoms with van der Waals surface area (Å²) in [7, 11) is 0. The van der Waals surface area contributed by atoms with E-state index in [2.05, 4.69) is 20.3 Å². The van der Waals surface area contributed by atoms with Gasteiger partial charge in [0.2, 0.25) is 0 Å². The number of aromatic amines is 1. The number of benzene rings is 2. The molecule has 0 fully saturated rings. The predicted octanol–water partition coefficient (Wildman–Crippen LogP) is 4.12. The largest absolute Gasteiger partial charge is 0.449 e. The van der Waals surface area contributed by atoms with Crippen LogP contribution < -0.4 is 5.32 Å². The van der Waals surface area contributed by atoms with Crippen LogP contribution in [0.1, 0.15) is 22.8 Å². The molecule has 1 amide bonds. The third-order valence-corrected chi connectivity index (χ3v) is 4.58. The molecular weight excluding hydrogens is 380 g/mol. The van der Waals surface area contributed by atoms with Crippen LogP contribution in [0.5, 0.6) is 0 Å². The summed E-state index contributed by atoms with van der Waals surface area (Å²) < 4.78 is 5.33. The molecule has 0 aliphatic carbocycles. The third-order valence-electron chi connectivity index (χ3n) is 4.58. The first-order valence-electron chi connectivity index (χ1n) is 9.49. The number of carbonyl (C=O) groups is 2. The molecule has 1 unspecified atom stereocenters. The van der Waals surface area contributed by atoms with E-state index in [1.165, 1.54) is 6.92 Å². The topological polar surface area (TPSA) is 97.0 Å². The fourth-order valence-corrected chi connectivity index (χ4v) is 2.98. The molecule has 4 rings (SSSR count). The van der Waals surface area contributed by atoms with Crippen LogP contribution in [-0.2, 0) is 9.53 Å². The SMILES string of the molecule is Cc1ccnc(NC(=O)C(C)OC(=O)c2ccc3nc(-c4ccccc4)[nH]c3c2)c1. The summed E-state index contributed by atoms with van der Waals surface area (Å²) in [6.45, 7) is 3.42. The van der Waals surface area contributed by atoms with Crippen molar-refractivity contribution >= 4 is 28.7 Å². The smallest absolute Gasteiger partial charge is 0.338 e. The second kappa shape index (κ2) is 8.16. The Morgan fingerprint density at radius 1 is 1.07 bits per heavy atom. The van der Waals surface area contributed by atoms with E-state index >= 15 is 0 Å². The van der Waals surface area contributed by atoms with Crippen LogP contribution in [0.15, 0.2) is 66.9 Å². The van der Waals surface area contributed by atoms with Crippen LogP contribution in [0.4, 0.5) is 5.82 Å². The number of aromatic nitrogens is 3. The summed E-state index contributed by atoms with van der Waals surface area (Å²) in [6.07, 6.45) is 0.627. The van der Waals surface area contributed by atoms with Gasteiger partial charge in [-0.3, -0.25) is 4.79 Å². The van der Waals surface area contributed by atoms with E-state index in [9.17, 15) is 9.59 Å². The van der Waals surface area contributed by atoms with Crippen molar-refractivity contribution in [3.63, 3.8) is 0 Å². The fourth-order valence-electron chi connectivity index (χ4n) is 2.98. The number of H-pyrrole nitrogens is 1. The summed E-state index contributed by atoms with van der Waals surface area (Å²) in [5.74, 6) is 0.0905. The molecule has 150 valence electrons. The van der Waals surface area contributed by atoms with Gasteiger partial charge in [-0.25, -0.2) is 14.8 Å². The molecule has 7 heteroatoms. The van der Waals surface area contributed by atoms with Gasteiger partial charge >= 0.3 is 5.97 Å². The zero-order chi connectivity index (χ0) is 21.1. The highest BCUT2D eigenvalue weighted by Gasteiger charge is 2.20. The second-order valence-electron chi connectivity index (χ2n) is 6.94. The van der Waals surface area contributed by atoms with Crippen molar-refractivity contribution in [2.45, 2.75) is 20.0 Å². The Kier molecular flexibility index (Phi) is 5.26. The quantitative estimate of drug-likeness (QED) is 0.491. The zero-order valence-corrected chi connectivity index (χ0v) is 16.5. The van der Waals surface area contributed by atoms with E-state index in [-0.39, 0.29) is 0 Å². The van der Waals surface area contributed by atoms with E-state index in [4.69, 9.17) is 4.74 Å². The van der Waals surface area contributed by atoms with Crippen LogP contribution >= 0.6 is 0 Å². The number of amides is 1. The molecule has 0 radical (unpaired) electrons. The van der Waals surface area contributed by atoms with E-state index in [0.29, 0.717) is 16.9 Å². The normalized spacial score (nSPS) is 11.8. The first-order valence-corrected chi connectivity index (χ1v) is 9.49. The minimum Gasteiger partial charge on any atom is -0.449 e. The summed E-state index contributed by atoms with van der Waals surface area (Å²) in [5.41, 5.74) is 3.70. The molecule has 0 spiro atoms.